The number of hydrogen-bond acceptors (Lipinski definition) is 2. The van der Waals surface area contributed by atoms with Crippen LogP contribution >= 0.6 is 11.6 Å². The van der Waals surface area contributed by atoms with Crippen LogP contribution < -0.4 is 0 Å². The van der Waals surface area contributed by atoms with Crippen molar-refractivity contribution < 1.29 is 0 Å². The number of nitrogens with zero attached hydrogens (tertiary/aromatic N) is 3. The number of halogens is 1. The zero-order chi connectivity index (χ0) is 16.5. The molecule has 0 radical (unpaired) electrons. The van der Waals surface area contributed by atoms with Gasteiger partial charge in [-0.05, 0) is 18.1 Å². The van der Waals surface area contributed by atoms with Crippen molar-refractivity contribution in [1.82, 2.24) is 14.6 Å². The van der Waals surface area contributed by atoms with Crippen LogP contribution in [0, 0.1) is 6.92 Å². The minimum Gasteiger partial charge on any atom is -0.233 e. The van der Waals surface area contributed by atoms with Crippen molar-refractivity contribution in [2.24, 2.45) is 0 Å². The lowest BCUT2D eigenvalue weighted by Gasteiger charge is -2.10. The molecule has 2 aromatic heterocycles. The molecule has 0 aliphatic heterocycles. The van der Waals surface area contributed by atoms with E-state index in [0.717, 1.165) is 34.5 Å². The van der Waals surface area contributed by atoms with Gasteiger partial charge in [-0.1, -0.05) is 72.3 Å². The van der Waals surface area contributed by atoms with Gasteiger partial charge >= 0.3 is 0 Å². The molecule has 0 amide bonds. The highest BCUT2D eigenvalue weighted by molar-refractivity contribution is 6.30. The molecule has 2 heterocycles. The molecule has 0 unspecified atom stereocenters. The van der Waals surface area contributed by atoms with Crippen LogP contribution in [0.2, 0.25) is 5.15 Å². The zero-order valence-electron chi connectivity index (χ0n) is 13.3. The van der Waals surface area contributed by atoms with Crippen molar-refractivity contribution in [3.8, 4) is 11.1 Å². The second kappa shape index (κ2) is 6.10. The largest absolute Gasteiger partial charge is 0.233 e. The first-order valence-electron chi connectivity index (χ1n) is 7.86. The van der Waals surface area contributed by atoms with Gasteiger partial charge < -0.3 is 0 Å². The van der Waals surface area contributed by atoms with E-state index in [-0.39, 0.29) is 0 Å². The van der Waals surface area contributed by atoms with E-state index in [1.54, 1.807) is 4.52 Å². The number of fused-ring (bicyclic) bond motifs is 1. The van der Waals surface area contributed by atoms with E-state index in [2.05, 4.69) is 29.4 Å². The summed E-state index contributed by atoms with van der Waals surface area (Å²) in [6.07, 6.45) is 2.57. The smallest absolute Gasteiger partial charge is 0.164 e. The van der Waals surface area contributed by atoms with E-state index in [1.165, 1.54) is 5.56 Å². The van der Waals surface area contributed by atoms with Crippen LogP contribution in [0.15, 0.2) is 66.9 Å². The van der Waals surface area contributed by atoms with Gasteiger partial charge in [-0.15, -0.1) is 0 Å². The van der Waals surface area contributed by atoms with Gasteiger partial charge in [0.25, 0.3) is 0 Å². The first-order chi connectivity index (χ1) is 11.7. The number of aryl methyl sites for hydroxylation is 1. The van der Waals surface area contributed by atoms with Crippen molar-refractivity contribution in [2.75, 3.05) is 0 Å². The van der Waals surface area contributed by atoms with Crippen LogP contribution in [0.3, 0.4) is 0 Å². The zero-order valence-corrected chi connectivity index (χ0v) is 14.0. The van der Waals surface area contributed by atoms with Gasteiger partial charge in [0.15, 0.2) is 5.65 Å². The van der Waals surface area contributed by atoms with Crippen molar-refractivity contribution >= 4 is 17.2 Å². The molecule has 0 aliphatic rings. The first-order valence-corrected chi connectivity index (χ1v) is 8.24. The molecule has 0 atom stereocenters. The second-order valence-corrected chi connectivity index (χ2v) is 6.15. The average molecular weight is 334 g/mol. The molecule has 0 saturated heterocycles. The highest BCUT2D eigenvalue weighted by Crippen LogP contribution is 2.29. The van der Waals surface area contributed by atoms with Gasteiger partial charge in [0.2, 0.25) is 0 Å². The van der Waals surface area contributed by atoms with E-state index < -0.39 is 0 Å². The van der Waals surface area contributed by atoms with Gasteiger partial charge in [-0.25, -0.2) is 9.50 Å². The van der Waals surface area contributed by atoms with Crippen molar-refractivity contribution in [3.63, 3.8) is 0 Å². The number of benzene rings is 2. The molecule has 2 aromatic carbocycles. The fourth-order valence-corrected chi connectivity index (χ4v) is 3.25. The predicted octanol–water partition coefficient (Wildman–Crippen LogP) is 4.95. The fourth-order valence-electron chi connectivity index (χ4n) is 2.92. The standard InChI is InChI=1S/C20H16ClN3/c1-14-17(12-15-8-4-2-5-9-15)19(21)24-20(23-14)18(13-22-24)16-10-6-3-7-11-16/h2-11,13H,12H2,1H3. The van der Waals surface area contributed by atoms with Crippen LogP contribution in [0.1, 0.15) is 16.8 Å². The molecule has 0 N–H and O–H groups in total. The molecular weight excluding hydrogens is 318 g/mol. The summed E-state index contributed by atoms with van der Waals surface area (Å²) in [5.74, 6) is 0. The highest BCUT2D eigenvalue weighted by Gasteiger charge is 2.16. The molecule has 4 rings (SSSR count). The third kappa shape index (κ3) is 2.57. The molecule has 118 valence electrons. The molecule has 24 heavy (non-hydrogen) atoms. The number of rotatable bonds is 3. The second-order valence-electron chi connectivity index (χ2n) is 5.79. The lowest BCUT2D eigenvalue weighted by molar-refractivity contribution is 0.902. The molecule has 0 saturated carbocycles. The number of hydrogen-bond donors (Lipinski definition) is 0. The Labute approximate surface area is 145 Å². The van der Waals surface area contributed by atoms with Gasteiger partial charge in [0, 0.05) is 23.2 Å². The Kier molecular flexibility index (Phi) is 3.79. The monoisotopic (exact) mass is 333 g/mol. The van der Waals surface area contributed by atoms with Gasteiger partial charge in [-0.2, -0.15) is 5.10 Å². The maximum Gasteiger partial charge on any atom is 0.164 e. The summed E-state index contributed by atoms with van der Waals surface area (Å²) in [7, 11) is 0. The average Bonchev–Trinajstić information content (AvgIpc) is 3.04. The van der Waals surface area contributed by atoms with E-state index in [4.69, 9.17) is 16.6 Å². The third-order valence-electron chi connectivity index (χ3n) is 4.20. The van der Waals surface area contributed by atoms with Crippen molar-refractivity contribution in [2.45, 2.75) is 13.3 Å². The summed E-state index contributed by atoms with van der Waals surface area (Å²) in [4.78, 5) is 4.78. The van der Waals surface area contributed by atoms with E-state index in [0.29, 0.717) is 5.15 Å². The van der Waals surface area contributed by atoms with Gasteiger partial charge in [-0.3, -0.25) is 0 Å². The SMILES string of the molecule is Cc1nc2c(-c3ccccc3)cnn2c(Cl)c1Cc1ccccc1. The molecule has 0 spiro atoms. The molecule has 0 bridgehead atoms. The third-order valence-corrected chi connectivity index (χ3v) is 4.59. The number of aromatic nitrogens is 3. The van der Waals surface area contributed by atoms with Crippen molar-refractivity contribution in [3.05, 3.63) is 88.8 Å². The molecular formula is C20H16ClN3. The summed E-state index contributed by atoms with van der Waals surface area (Å²) in [5.41, 5.74) is 6.03. The van der Waals surface area contributed by atoms with Crippen LogP contribution in [0.25, 0.3) is 16.8 Å². The summed E-state index contributed by atoms with van der Waals surface area (Å²) in [6, 6.07) is 20.4. The predicted molar refractivity (Wildman–Crippen MR) is 97.4 cm³/mol. The lowest BCUT2D eigenvalue weighted by Crippen LogP contribution is -2.03. The maximum atomic E-state index is 6.66. The Morgan fingerprint density at radius 1 is 0.958 bits per heavy atom. The van der Waals surface area contributed by atoms with E-state index in [9.17, 15) is 0 Å². The van der Waals surface area contributed by atoms with E-state index >= 15 is 0 Å². The quantitative estimate of drug-likeness (QED) is 0.497. The first kappa shape index (κ1) is 14.9. The topological polar surface area (TPSA) is 30.2 Å². The molecule has 0 aliphatic carbocycles. The molecule has 4 heteroatoms. The summed E-state index contributed by atoms with van der Waals surface area (Å²) in [6.45, 7) is 2.01. The minimum absolute atomic E-state index is 0.628. The van der Waals surface area contributed by atoms with Crippen LogP contribution in [0.4, 0.5) is 0 Å². The lowest BCUT2D eigenvalue weighted by atomic mass is 10.1. The summed E-state index contributed by atoms with van der Waals surface area (Å²) < 4.78 is 1.73. The Balaban J connectivity index is 1.85. The summed E-state index contributed by atoms with van der Waals surface area (Å²) >= 11 is 6.66. The molecule has 0 fully saturated rings. The van der Waals surface area contributed by atoms with E-state index in [1.807, 2.05) is 49.5 Å². The van der Waals surface area contributed by atoms with Crippen molar-refractivity contribution in [1.29, 1.82) is 0 Å². The van der Waals surface area contributed by atoms with Crippen LogP contribution in [-0.2, 0) is 6.42 Å². The minimum atomic E-state index is 0.628. The molecule has 3 nitrogen and oxygen atoms in total. The Hall–Kier alpha value is -2.65. The van der Waals surface area contributed by atoms with Crippen LogP contribution in [-0.4, -0.2) is 14.6 Å². The summed E-state index contributed by atoms with van der Waals surface area (Å²) in [5, 5.41) is 5.09. The van der Waals surface area contributed by atoms with Gasteiger partial charge in [0.1, 0.15) is 5.15 Å². The van der Waals surface area contributed by atoms with Crippen LogP contribution in [0.5, 0.6) is 0 Å². The fraction of sp³-hybridized carbons (Fsp3) is 0.100. The van der Waals surface area contributed by atoms with Gasteiger partial charge in [0.05, 0.1) is 6.20 Å². The normalized spacial score (nSPS) is 11.1. The Bertz CT molecular complexity index is 992. The Morgan fingerprint density at radius 2 is 1.62 bits per heavy atom. The maximum absolute atomic E-state index is 6.66. The molecule has 4 aromatic rings. The highest BCUT2D eigenvalue weighted by atomic mass is 35.5. The Morgan fingerprint density at radius 3 is 2.33 bits per heavy atom.